The summed E-state index contributed by atoms with van der Waals surface area (Å²) >= 11 is 0.917. The van der Waals surface area contributed by atoms with Gasteiger partial charge in [0, 0.05) is 32.5 Å². The lowest BCUT2D eigenvalue weighted by Gasteiger charge is -2.17. The second-order valence-electron chi connectivity index (χ2n) is 5.37. The third kappa shape index (κ3) is 4.18. The highest BCUT2D eigenvalue weighted by Crippen LogP contribution is 2.26. The van der Waals surface area contributed by atoms with Crippen molar-refractivity contribution in [1.82, 2.24) is 14.5 Å². The third-order valence-electron chi connectivity index (χ3n) is 3.53. The van der Waals surface area contributed by atoms with Crippen LogP contribution in [-0.2, 0) is 16.6 Å². The molecule has 2 aromatic rings. The minimum Gasteiger partial charge on any atom is -0.341 e. The largest absolute Gasteiger partial charge is 0.341 e. The summed E-state index contributed by atoms with van der Waals surface area (Å²) < 4.78 is 24.8. The molecular formula is C14H20N4O3S2. The molecule has 0 aliphatic rings. The number of aryl methyl sites for hydroxylation is 3. The first-order valence-corrected chi connectivity index (χ1v) is 9.43. The smallest absolute Gasteiger partial charge is 0.263 e. The second kappa shape index (κ2) is 6.81. The van der Waals surface area contributed by atoms with Gasteiger partial charge in [0.2, 0.25) is 10.0 Å². The molecule has 0 unspecified atom stereocenters. The van der Waals surface area contributed by atoms with Crippen molar-refractivity contribution in [3.63, 3.8) is 0 Å². The lowest BCUT2D eigenvalue weighted by Crippen LogP contribution is -2.28. The highest BCUT2D eigenvalue weighted by Gasteiger charge is 2.21. The topological polar surface area (TPSA) is 98.3 Å². The Balaban J connectivity index is 2.00. The van der Waals surface area contributed by atoms with Crippen LogP contribution >= 0.6 is 11.3 Å². The van der Waals surface area contributed by atoms with Gasteiger partial charge in [0.15, 0.2) is 0 Å². The molecule has 7 nitrogen and oxygen atoms in total. The van der Waals surface area contributed by atoms with Crippen molar-refractivity contribution in [3.05, 3.63) is 34.7 Å². The van der Waals surface area contributed by atoms with E-state index >= 15 is 0 Å². The van der Waals surface area contributed by atoms with Crippen molar-refractivity contribution in [2.24, 2.45) is 5.14 Å². The monoisotopic (exact) mass is 356 g/mol. The van der Waals surface area contributed by atoms with Gasteiger partial charge < -0.3 is 9.47 Å². The van der Waals surface area contributed by atoms with Gasteiger partial charge in [0.1, 0.15) is 10.0 Å². The van der Waals surface area contributed by atoms with E-state index in [1.54, 1.807) is 25.1 Å². The van der Waals surface area contributed by atoms with Crippen LogP contribution < -0.4 is 5.14 Å². The van der Waals surface area contributed by atoms with E-state index in [0.29, 0.717) is 17.0 Å². The molecule has 126 valence electrons. The molecule has 0 aliphatic heterocycles. The second-order valence-corrected chi connectivity index (χ2v) is 8.21. The summed E-state index contributed by atoms with van der Waals surface area (Å²) in [6.45, 7) is 4.98. The first-order valence-electron chi connectivity index (χ1n) is 7.06. The summed E-state index contributed by atoms with van der Waals surface area (Å²) in [4.78, 5) is 18.6. The maximum absolute atomic E-state index is 12.4. The molecule has 0 saturated heterocycles. The number of sulfonamides is 1. The van der Waals surface area contributed by atoms with Gasteiger partial charge in [-0.15, -0.1) is 11.3 Å². The molecule has 2 N–H and O–H groups in total. The van der Waals surface area contributed by atoms with Crippen LogP contribution in [0.15, 0.2) is 22.7 Å². The van der Waals surface area contributed by atoms with Crippen LogP contribution in [0.25, 0.3) is 0 Å². The number of amides is 1. The van der Waals surface area contributed by atoms with Crippen molar-refractivity contribution in [2.45, 2.75) is 31.0 Å². The molecule has 9 heteroatoms. The van der Waals surface area contributed by atoms with E-state index in [9.17, 15) is 13.2 Å². The van der Waals surface area contributed by atoms with Crippen LogP contribution in [0.5, 0.6) is 0 Å². The number of nitrogens with zero attached hydrogens (tertiary/aromatic N) is 3. The summed E-state index contributed by atoms with van der Waals surface area (Å²) in [6.07, 6.45) is 4.43. The van der Waals surface area contributed by atoms with Crippen LogP contribution in [0.2, 0.25) is 0 Å². The predicted molar refractivity (Wildman–Crippen MR) is 89.0 cm³/mol. The Morgan fingerprint density at radius 3 is 2.65 bits per heavy atom. The van der Waals surface area contributed by atoms with Gasteiger partial charge in [-0.2, -0.15) is 0 Å². The zero-order valence-corrected chi connectivity index (χ0v) is 14.9. The highest BCUT2D eigenvalue weighted by atomic mass is 32.2. The molecule has 0 fully saturated rings. The fourth-order valence-corrected chi connectivity index (χ4v) is 4.15. The Morgan fingerprint density at radius 1 is 1.43 bits per heavy atom. The fourth-order valence-electron chi connectivity index (χ4n) is 2.20. The molecule has 0 radical (unpaired) electrons. The molecule has 2 aromatic heterocycles. The molecule has 23 heavy (non-hydrogen) atoms. The fraction of sp³-hybridized carbons (Fsp3) is 0.429. The molecule has 0 atom stereocenters. The number of imidazole rings is 1. The predicted octanol–water partition coefficient (Wildman–Crippen LogP) is 1.37. The number of carbonyl (C=O) groups is 1. The van der Waals surface area contributed by atoms with Gasteiger partial charge >= 0.3 is 0 Å². The molecule has 2 heterocycles. The average Bonchev–Trinajstić information content (AvgIpc) is 3.04. The number of rotatable bonds is 6. The van der Waals surface area contributed by atoms with Crippen LogP contribution in [-0.4, -0.2) is 42.4 Å². The van der Waals surface area contributed by atoms with Crippen molar-refractivity contribution in [2.75, 3.05) is 13.6 Å². The molecule has 0 aliphatic carbocycles. The molecule has 2 rings (SSSR count). The van der Waals surface area contributed by atoms with E-state index in [1.165, 1.54) is 6.07 Å². The van der Waals surface area contributed by atoms with E-state index in [4.69, 9.17) is 5.14 Å². The summed E-state index contributed by atoms with van der Waals surface area (Å²) in [6, 6.07) is 1.44. The first kappa shape index (κ1) is 17.6. The standard InChI is InChI=1S/C14H20N4O3S2/c1-10-9-12(23(15,20)21)22-13(10)14(19)17(3)6-4-7-18-8-5-16-11(18)2/h5,8-9H,4,6-7H2,1-3H3,(H2,15,20,21). The van der Waals surface area contributed by atoms with Crippen LogP contribution in [0.4, 0.5) is 0 Å². The number of thiophene rings is 1. The minimum absolute atomic E-state index is 0.0146. The Bertz CT molecular complexity index is 808. The van der Waals surface area contributed by atoms with Gasteiger partial charge in [-0.1, -0.05) is 0 Å². The van der Waals surface area contributed by atoms with Gasteiger partial charge in [-0.3, -0.25) is 4.79 Å². The number of primary sulfonamides is 1. The Labute approximate surface area is 139 Å². The lowest BCUT2D eigenvalue weighted by atomic mass is 10.2. The quantitative estimate of drug-likeness (QED) is 0.845. The first-order chi connectivity index (χ1) is 10.7. The minimum atomic E-state index is -3.78. The van der Waals surface area contributed by atoms with Gasteiger partial charge in [-0.25, -0.2) is 18.5 Å². The molecule has 0 aromatic carbocycles. The molecule has 0 spiro atoms. The number of aromatic nitrogens is 2. The third-order valence-corrected chi connectivity index (χ3v) is 6.18. The maximum Gasteiger partial charge on any atom is 0.263 e. The van der Waals surface area contributed by atoms with Crippen LogP contribution in [0.3, 0.4) is 0 Å². The number of nitrogens with two attached hydrogens (primary N) is 1. The maximum atomic E-state index is 12.4. The normalized spacial score (nSPS) is 11.7. The van der Waals surface area contributed by atoms with Gasteiger partial charge in [0.05, 0.1) is 4.88 Å². The van der Waals surface area contributed by atoms with Crippen LogP contribution in [0, 0.1) is 13.8 Å². The summed E-state index contributed by atoms with van der Waals surface area (Å²) in [7, 11) is -2.07. The Hall–Kier alpha value is -1.71. The van der Waals surface area contributed by atoms with Crippen molar-refractivity contribution in [1.29, 1.82) is 0 Å². The van der Waals surface area contributed by atoms with Crippen LogP contribution in [0.1, 0.15) is 27.5 Å². The zero-order valence-electron chi connectivity index (χ0n) is 13.3. The van der Waals surface area contributed by atoms with Gasteiger partial charge in [0.25, 0.3) is 5.91 Å². The van der Waals surface area contributed by atoms with E-state index in [1.807, 2.05) is 17.7 Å². The van der Waals surface area contributed by atoms with Gasteiger partial charge in [-0.05, 0) is 31.9 Å². The van der Waals surface area contributed by atoms with Crippen molar-refractivity contribution in [3.8, 4) is 0 Å². The van der Waals surface area contributed by atoms with E-state index in [2.05, 4.69) is 4.98 Å². The number of hydrogen-bond acceptors (Lipinski definition) is 5. The van der Waals surface area contributed by atoms with E-state index in [0.717, 1.165) is 30.1 Å². The summed E-state index contributed by atoms with van der Waals surface area (Å²) in [5.41, 5.74) is 0.626. The highest BCUT2D eigenvalue weighted by molar-refractivity contribution is 7.91. The molecule has 1 amide bonds. The van der Waals surface area contributed by atoms with E-state index in [-0.39, 0.29) is 10.1 Å². The SMILES string of the molecule is Cc1cc(S(N)(=O)=O)sc1C(=O)N(C)CCCn1ccnc1C. The summed E-state index contributed by atoms with van der Waals surface area (Å²) in [5, 5.41) is 5.11. The number of hydrogen-bond donors (Lipinski definition) is 1. The molecule has 0 bridgehead atoms. The lowest BCUT2D eigenvalue weighted by molar-refractivity contribution is 0.0796. The van der Waals surface area contributed by atoms with E-state index < -0.39 is 10.0 Å². The zero-order chi connectivity index (χ0) is 17.2. The molecular weight excluding hydrogens is 336 g/mol. The van der Waals surface area contributed by atoms with Crippen molar-refractivity contribution < 1.29 is 13.2 Å². The average molecular weight is 356 g/mol. The number of carbonyl (C=O) groups excluding carboxylic acids is 1. The Morgan fingerprint density at radius 2 is 2.13 bits per heavy atom. The molecule has 0 saturated carbocycles. The summed E-state index contributed by atoms with van der Waals surface area (Å²) in [5.74, 6) is 0.746. The van der Waals surface area contributed by atoms with Crippen molar-refractivity contribution >= 4 is 27.3 Å². The Kier molecular flexibility index (Phi) is 5.23.